The fourth-order valence-electron chi connectivity index (χ4n) is 1.59. The molecule has 2 amide bonds. The van der Waals surface area contributed by atoms with E-state index >= 15 is 0 Å². The number of nitrogens with two attached hydrogens (primary N) is 1. The number of hydrogen-bond donors (Lipinski definition) is 2. The van der Waals surface area contributed by atoms with Crippen molar-refractivity contribution in [2.24, 2.45) is 0 Å². The molecule has 0 bridgehead atoms. The number of carbonyl (C=O) groups is 2. The van der Waals surface area contributed by atoms with Gasteiger partial charge in [-0.2, -0.15) is 0 Å². The molecule has 1 aromatic rings. The Bertz CT molecular complexity index is 446. The number of nitrogens with zero attached hydrogens (tertiary/aromatic N) is 2. The molecule has 16 heavy (non-hydrogen) atoms. The van der Waals surface area contributed by atoms with Gasteiger partial charge in [-0.1, -0.05) is 0 Å². The van der Waals surface area contributed by atoms with Crippen LogP contribution >= 0.6 is 0 Å². The molecule has 0 aromatic carbocycles. The Morgan fingerprint density at radius 3 is 3.00 bits per heavy atom. The van der Waals surface area contributed by atoms with Gasteiger partial charge in [0.15, 0.2) is 0 Å². The summed E-state index contributed by atoms with van der Waals surface area (Å²) in [6.07, 6.45) is 1.55. The maximum Gasteiger partial charge on any atom is 0.249 e. The van der Waals surface area contributed by atoms with Gasteiger partial charge in [0.2, 0.25) is 11.8 Å². The number of aromatic nitrogens is 1. The summed E-state index contributed by atoms with van der Waals surface area (Å²) in [5, 5.41) is 2.26. The fraction of sp³-hybridized carbons (Fsp3) is 0.300. The van der Waals surface area contributed by atoms with Crippen LogP contribution in [0.5, 0.6) is 0 Å². The molecule has 0 saturated carbocycles. The molecule has 1 unspecified atom stereocenters. The molecule has 84 valence electrons. The zero-order valence-electron chi connectivity index (χ0n) is 8.80. The average Bonchev–Trinajstić information content (AvgIpc) is 2.23. The van der Waals surface area contributed by atoms with Gasteiger partial charge in [-0.25, -0.2) is 4.98 Å². The summed E-state index contributed by atoms with van der Waals surface area (Å²) in [5.41, 5.74) is 6.18. The normalized spacial score (nSPS) is 20.8. The first-order chi connectivity index (χ1) is 7.58. The second kappa shape index (κ2) is 3.80. The Kier molecular flexibility index (Phi) is 2.47. The lowest BCUT2D eigenvalue weighted by molar-refractivity contribution is -0.132. The summed E-state index contributed by atoms with van der Waals surface area (Å²) in [6, 6.07) is 2.87. The first-order valence-corrected chi connectivity index (χ1v) is 4.90. The van der Waals surface area contributed by atoms with Gasteiger partial charge in [-0.15, -0.1) is 0 Å². The van der Waals surface area contributed by atoms with Crippen molar-refractivity contribution in [1.82, 2.24) is 10.3 Å². The monoisotopic (exact) mass is 220 g/mol. The molecule has 0 radical (unpaired) electrons. The predicted molar refractivity (Wildman–Crippen MR) is 58.6 cm³/mol. The Morgan fingerprint density at radius 2 is 2.31 bits per heavy atom. The molecule has 3 N–H and O–H groups in total. The molecule has 1 fully saturated rings. The standard InChI is InChI=1S/C10H12N4O2/c1-6-10(16)13-9(15)5-14(6)8-4-7(11)2-3-12-8/h2-4,6H,5H2,1H3,(H2,11,12)(H,13,15,16). The van der Waals surface area contributed by atoms with Crippen LogP contribution in [0, 0.1) is 0 Å². The molecule has 2 rings (SSSR count). The van der Waals surface area contributed by atoms with E-state index in [2.05, 4.69) is 10.3 Å². The molecule has 1 atom stereocenters. The van der Waals surface area contributed by atoms with Gasteiger partial charge in [0.05, 0.1) is 6.54 Å². The van der Waals surface area contributed by atoms with Gasteiger partial charge in [0.25, 0.3) is 0 Å². The molecule has 6 nitrogen and oxygen atoms in total. The molecule has 0 spiro atoms. The van der Waals surface area contributed by atoms with Crippen molar-refractivity contribution >= 4 is 23.3 Å². The largest absolute Gasteiger partial charge is 0.399 e. The van der Waals surface area contributed by atoms with Crippen molar-refractivity contribution in [1.29, 1.82) is 0 Å². The van der Waals surface area contributed by atoms with Crippen LogP contribution in [0.25, 0.3) is 0 Å². The van der Waals surface area contributed by atoms with E-state index in [1.165, 1.54) is 0 Å². The second-order valence-electron chi connectivity index (χ2n) is 3.66. The van der Waals surface area contributed by atoms with Crippen molar-refractivity contribution in [3.8, 4) is 0 Å². The lowest BCUT2D eigenvalue weighted by atomic mass is 10.2. The molecular weight excluding hydrogens is 208 g/mol. The van der Waals surface area contributed by atoms with Gasteiger partial charge in [0, 0.05) is 18.0 Å². The number of amides is 2. The summed E-state index contributed by atoms with van der Waals surface area (Å²) in [6.45, 7) is 1.83. The third-order valence-electron chi connectivity index (χ3n) is 2.49. The van der Waals surface area contributed by atoms with Crippen LogP contribution < -0.4 is 16.0 Å². The van der Waals surface area contributed by atoms with Crippen molar-refractivity contribution in [3.63, 3.8) is 0 Å². The third-order valence-corrected chi connectivity index (χ3v) is 2.49. The molecular formula is C10H12N4O2. The van der Waals surface area contributed by atoms with Gasteiger partial charge in [-0.3, -0.25) is 14.9 Å². The van der Waals surface area contributed by atoms with Gasteiger partial charge in [0.1, 0.15) is 11.9 Å². The molecule has 1 aliphatic heterocycles. The minimum absolute atomic E-state index is 0.114. The van der Waals surface area contributed by atoms with Crippen molar-refractivity contribution in [2.75, 3.05) is 17.2 Å². The highest BCUT2D eigenvalue weighted by Gasteiger charge is 2.30. The lowest BCUT2D eigenvalue weighted by Crippen LogP contribution is -2.57. The second-order valence-corrected chi connectivity index (χ2v) is 3.66. The maximum absolute atomic E-state index is 11.4. The Hall–Kier alpha value is -2.11. The number of piperazine rings is 1. The number of rotatable bonds is 1. The molecule has 6 heteroatoms. The summed E-state index contributed by atoms with van der Waals surface area (Å²) in [7, 11) is 0. The zero-order chi connectivity index (χ0) is 11.7. The molecule has 1 aromatic heterocycles. The van der Waals surface area contributed by atoms with E-state index in [0.29, 0.717) is 11.5 Å². The van der Waals surface area contributed by atoms with E-state index in [1.807, 2.05) is 0 Å². The Balaban J connectivity index is 2.32. The number of nitrogen functional groups attached to an aromatic ring is 1. The van der Waals surface area contributed by atoms with Crippen LogP contribution in [-0.2, 0) is 9.59 Å². The maximum atomic E-state index is 11.4. The highest BCUT2D eigenvalue weighted by atomic mass is 16.2. The van der Waals surface area contributed by atoms with Gasteiger partial charge >= 0.3 is 0 Å². The van der Waals surface area contributed by atoms with Crippen LogP contribution in [0.1, 0.15) is 6.92 Å². The van der Waals surface area contributed by atoms with E-state index < -0.39 is 6.04 Å². The summed E-state index contributed by atoms with van der Waals surface area (Å²) < 4.78 is 0. The predicted octanol–water partition coefficient (Wildman–Crippen LogP) is -0.485. The van der Waals surface area contributed by atoms with Crippen molar-refractivity contribution in [3.05, 3.63) is 18.3 Å². The van der Waals surface area contributed by atoms with Gasteiger partial charge < -0.3 is 10.6 Å². The first kappa shape index (κ1) is 10.4. The molecule has 2 heterocycles. The van der Waals surface area contributed by atoms with E-state index in [1.54, 1.807) is 30.2 Å². The number of nitrogens with one attached hydrogen (secondary N) is 1. The van der Waals surface area contributed by atoms with Gasteiger partial charge in [-0.05, 0) is 13.0 Å². The smallest absolute Gasteiger partial charge is 0.249 e. The third kappa shape index (κ3) is 1.81. The first-order valence-electron chi connectivity index (χ1n) is 4.90. The average molecular weight is 220 g/mol. The molecule has 0 aliphatic carbocycles. The SMILES string of the molecule is CC1C(=O)NC(=O)CN1c1cc(N)ccn1. The highest BCUT2D eigenvalue weighted by molar-refractivity contribution is 6.04. The Morgan fingerprint density at radius 1 is 1.56 bits per heavy atom. The molecule has 1 aliphatic rings. The van der Waals surface area contributed by atoms with Crippen molar-refractivity contribution < 1.29 is 9.59 Å². The van der Waals surface area contributed by atoms with Crippen LogP contribution in [0.3, 0.4) is 0 Å². The quantitative estimate of drug-likeness (QED) is 0.624. The number of hydrogen-bond acceptors (Lipinski definition) is 5. The summed E-state index contributed by atoms with van der Waals surface area (Å²) in [5.74, 6) is -0.108. The summed E-state index contributed by atoms with van der Waals surface area (Å²) >= 11 is 0. The zero-order valence-corrected chi connectivity index (χ0v) is 8.80. The van der Waals surface area contributed by atoms with Crippen LogP contribution in [0.2, 0.25) is 0 Å². The number of anilines is 2. The topological polar surface area (TPSA) is 88.3 Å². The number of carbonyl (C=O) groups excluding carboxylic acids is 2. The Labute approximate surface area is 92.4 Å². The highest BCUT2D eigenvalue weighted by Crippen LogP contribution is 2.18. The summed E-state index contributed by atoms with van der Waals surface area (Å²) in [4.78, 5) is 28.4. The van der Waals surface area contributed by atoms with E-state index in [0.717, 1.165) is 0 Å². The molecule has 1 saturated heterocycles. The number of imide groups is 1. The minimum atomic E-state index is -0.424. The van der Waals surface area contributed by atoms with Crippen LogP contribution in [-0.4, -0.2) is 29.4 Å². The van der Waals surface area contributed by atoms with E-state index in [9.17, 15) is 9.59 Å². The minimum Gasteiger partial charge on any atom is -0.399 e. The lowest BCUT2D eigenvalue weighted by Gasteiger charge is -2.32. The van der Waals surface area contributed by atoms with E-state index in [4.69, 9.17) is 5.73 Å². The fourth-order valence-corrected chi connectivity index (χ4v) is 1.59. The van der Waals surface area contributed by atoms with Crippen molar-refractivity contribution in [2.45, 2.75) is 13.0 Å². The van der Waals surface area contributed by atoms with Crippen LogP contribution in [0.4, 0.5) is 11.5 Å². The van der Waals surface area contributed by atoms with Crippen LogP contribution in [0.15, 0.2) is 18.3 Å². The van der Waals surface area contributed by atoms with E-state index in [-0.39, 0.29) is 18.4 Å². The number of pyridine rings is 1.